The number of isocyanates is 1. The van der Waals surface area contributed by atoms with Gasteiger partial charge in [-0.3, -0.25) is 0 Å². The number of nitrogen functional groups attached to an aromatic ring is 1. The van der Waals surface area contributed by atoms with Crippen LogP contribution in [0.2, 0.25) is 0 Å². The number of anilines is 1. The topological polar surface area (TPSA) is 120 Å². The maximum absolute atomic E-state index is 10.0. The van der Waals surface area contributed by atoms with E-state index >= 15 is 0 Å². The van der Waals surface area contributed by atoms with Gasteiger partial charge >= 0.3 is 0 Å². The van der Waals surface area contributed by atoms with Crippen LogP contribution in [0, 0.1) is 0 Å². The molecule has 6 heteroatoms. The number of carbonyl (C=O) groups excluding carboxylic acids is 1. The Morgan fingerprint density at radius 1 is 1.21 bits per heavy atom. The van der Waals surface area contributed by atoms with E-state index in [0.717, 1.165) is 0 Å². The van der Waals surface area contributed by atoms with Crippen molar-refractivity contribution in [3.05, 3.63) is 18.2 Å². The number of guanidine groups is 1. The monoisotopic (exact) mass is 191 g/mol. The molecule has 0 bridgehead atoms. The lowest BCUT2D eigenvalue weighted by Crippen LogP contribution is -2.21. The second-order valence-corrected chi connectivity index (χ2v) is 2.52. The zero-order valence-electron chi connectivity index (χ0n) is 7.27. The number of rotatable bonds is 2. The maximum atomic E-state index is 10.0. The van der Waals surface area contributed by atoms with Gasteiger partial charge in [-0.05, 0) is 18.2 Å². The molecular weight excluding hydrogens is 182 g/mol. The number of benzene rings is 1. The molecule has 1 aromatic rings. The van der Waals surface area contributed by atoms with E-state index in [0.29, 0.717) is 17.1 Å². The molecule has 0 unspecified atom stereocenters. The summed E-state index contributed by atoms with van der Waals surface area (Å²) < 4.78 is 0. The summed E-state index contributed by atoms with van der Waals surface area (Å²) >= 11 is 0. The zero-order valence-corrected chi connectivity index (χ0v) is 7.27. The van der Waals surface area contributed by atoms with Crippen LogP contribution >= 0.6 is 0 Å². The van der Waals surface area contributed by atoms with Crippen LogP contribution in [0.25, 0.3) is 0 Å². The summed E-state index contributed by atoms with van der Waals surface area (Å²) in [6, 6.07) is 4.58. The molecule has 6 N–H and O–H groups in total. The van der Waals surface area contributed by atoms with Gasteiger partial charge in [0, 0.05) is 5.69 Å². The summed E-state index contributed by atoms with van der Waals surface area (Å²) in [4.78, 5) is 17.2. The highest BCUT2D eigenvalue weighted by Crippen LogP contribution is 2.24. The molecular formula is C8H9N5O. The molecule has 0 radical (unpaired) electrons. The maximum Gasteiger partial charge on any atom is 0.240 e. The fourth-order valence-electron chi connectivity index (χ4n) is 0.949. The predicted molar refractivity (Wildman–Crippen MR) is 54.1 cm³/mol. The Bertz CT molecular complexity index is 416. The number of aliphatic imine (C=N–C) groups is 2. The molecule has 0 saturated carbocycles. The van der Waals surface area contributed by atoms with E-state index < -0.39 is 0 Å². The Balaban J connectivity index is 3.19. The van der Waals surface area contributed by atoms with Crippen LogP contribution in [0.15, 0.2) is 28.2 Å². The van der Waals surface area contributed by atoms with Crippen LogP contribution in [0.5, 0.6) is 0 Å². The molecule has 0 spiro atoms. The van der Waals surface area contributed by atoms with Gasteiger partial charge in [-0.2, -0.15) is 4.99 Å². The average Bonchev–Trinajstić information content (AvgIpc) is 2.01. The highest BCUT2D eigenvalue weighted by Gasteiger charge is 1.97. The molecule has 0 aliphatic carbocycles. The van der Waals surface area contributed by atoms with Gasteiger partial charge in [-0.15, -0.1) is 0 Å². The minimum atomic E-state index is -0.0865. The zero-order chi connectivity index (χ0) is 10.6. The fourth-order valence-corrected chi connectivity index (χ4v) is 0.949. The molecule has 0 atom stereocenters. The van der Waals surface area contributed by atoms with Crippen molar-refractivity contribution in [2.75, 3.05) is 5.73 Å². The van der Waals surface area contributed by atoms with E-state index in [4.69, 9.17) is 17.2 Å². The summed E-state index contributed by atoms with van der Waals surface area (Å²) in [6.07, 6.45) is 1.40. The normalized spacial score (nSPS) is 8.86. The quantitative estimate of drug-likeness (QED) is 0.266. The molecule has 1 rings (SSSR count). The van der Waals surface area contributed by atoms with Gasteiger partial charge in [0.05, 0.1) is 11.4 Å². The minimum absolute atomic E-state index is 0.0865. The lowest BCUT2D eigenvalue weighted by atomic mass is 10.2. The number of nitrogens with two attached hydrogens (primary N) is 3. The Hall–Kier alpha value is -2.33. The van der Waals surface area contributed by atoms with Crippen LogP contribution in [-0.2, 0) is 4.79 Å². The SMILES string of the molecule is NC(N)=Nc1cc(N)cc(N=C=O)c1. The summed E-state index contributed by atoms with van der Waals surface area (Å²) in [5.41, 5.74) is 17.1. The Kier molecular flexibility index (Phi) is 2.83. The van der Waals surface area contributed by atoms with Crippen molar-refractivity contribution < 1.29 is 4.79 Å². The van der Waals surface area contributed by atoms with Crippen molar-refractivity contribution in [1.82, 2.24) is 0 Å². The van der Waals surface area contributed by atoms with E-state index in [2.05, 4.69) is 9.98 Å². The lowest BCUT2D eigenvalue weighted by Gasteiger charge is -1.98. The predicted octanol–water partition coefficient (Wildman–Crippen LogP) is 0.141. The van der Waals surface area contributed by atoms with Crippen molar-refractivity contribution in [2.24, 2.45) is 21.5 Å². The molecule has 1 aromatic carbocycles. The lowest BCUT2D eigenvalue weighted by molar-refractivity contribution is 0.565. The first-order chi connectivity index (χ1) is 6.61. The number of hydrogen-bond donors (Lipinski definition) is 3. The minimum Gasteiger partial charge on any atom is -0.399 e. The van der Waals surface area contributed by atoms with Crippen molar-refractivity contribution in [3.8, 4) is 0 Å². The smallest absolute Gasteiger partial charge is 0.240 e. The van der Waals surface area contributed by atoms with E-state index in [1.54, 1.807) is 6.07 Å². The first kappa shape index (κ1) is 9.76. The second kappa shape index (κ2) is 4.06. The standard InChI is InChI=1S/C8H9N5O/c9-5-1-6(12-4-14)3-7(2-5)13-8(10)11/h1-3H,9H2,(H4,10,11,13). The van der Waals surface area contributed by atoms with Gasteiger partial charge in [-0.25, -0.2) is 9.79 Å². The van der Waals surface area contributed by atoms with Gasteiger partial charge in [0.15, 0.2) is 5.96 Å². The first-order valence-corrected chi connectivity index (χ1v) is 3.70. The molecule has 0 heterocycles. The molecule has 14 heavy (non-hydrogen) atoms. The number of nitrogens with zero attached hydrogens (tertiary/aromatic N) is 2. The van der Waals surface area contributed by atoms with Gasteiger partial charge in [0.1, 0.15) is 0 Å². The largest absolute Gasteiger partial charge is 0.399 e. The third kappa shape index (κ3) is 2.62. The average molecular weight is 191 g/mol. The Labute approximate surface area is 80.1 Å². The molecule has 0 saturated heterocycles. The summed E-state index contributed by atoms with van der Waals surface area (Å²) in [5, 5.41) is 0. The van der Waals surface area contributed by atoms with Crippen LogP contribution in [0.3, 0.4) is 0 Å². The van der Waals surface area contributed by atoms with E-state index in [1.165, 1.54) is 18.2 Å². The van der Waals surface area contributed by atoms with Crippen LogP contribution < -0.4 is 17.2 Å². The third-order valence-corrected chi connectivity index (χ3v) is 1.36. The van der Waals surface area contributed by atoms with E-state index in [-0.39, 0.29) is 5.96 Å². The summed E-state index contributed by atoms with van der Waals surface area (Å²) in [5.74, 6) is -0.0865. The van der Waals surface area contributed by atoms with Crippen LogP contribution in [-0.4, -0.2) is 12.0 Å². The van der Waals surface area contributed by atoms with Crippen molar-refractivity contribution in [2.45, 2.75) is 0 Å². The number of hydrogen-bond acceptors (Lipinski definition) is 4. The van der Waals surface area contributed by atoms with E-state index in [1.807, 2.05) is 0 Å². The van der Waals surface area contributed by atoms with E-state index in [9.17, 15) is 4.79 Å². The Morgan fingerprint density at radius 2 is 1.86 bits per heavy atom. The third-order valence-electron chi connectivity index (χ3n) is 1.36. The van der Waals surface area contributed by atoms with Crippen molar-refractivity contribution in [1.29, 1.82) is 0 Å². The molecule has 0 aliphatic rings. The highest BCUT2D eigenvalue weighted by atomic mass is 16.1. The van der Waals surface area contributed by atoms with Gasteiger partial charge in [-0.1, -0.05) is 0 Å². The molecule has 0 fully saturated rings. The molecule has 72 valence electrons. The second-order valence-electron chi connectivity index (χ2n) is 2.52. The summed E-state index contributed by atoms with van der Waals surface area (Å²) in [7, 11) is 0. The molecule has 0 amide bonds. The first-order valence-electron chi connectivity index (χ1n) is 3.70. The van der Waals surface area contributed by atoms with Crippen molar-refractivity contribution >= 4 is 29.1 Å². The van der Waals surface area contributed by atoms with Gasteiger partial charge in [0.25, 0.3) is 0 Å². The summed E-state index contributed by atoms with van der Waals surface area (Å²) in [6.45, 7) is 0. The van der Waals surface area contributed by atoms with Crippen LogP contribution in [0.1, 0.15) is 0 Å². The fraction of sp³-hybridized carbons (Fsp3) is 0. The molecule has 0 aliphatic heterocycles. The highest BCUT2D eigenvalue weighted by molar-refractivity contribution is 5.80. The molecule has 0 aromatic heterocycles. The Morgan fingerprint density at radius 3 is 2.43 bits per heavy atom. The van der Waals surface area contributed by atoms with Crippen molar-refractivity contribution in [3.63, 3.8) is 0 Å². The van der Waals surface area contributed by atoms with Gasteiger partial charge in [0.2, 0.25) is 6.08 Å². The van der Waals surface area contributed by atoms with Gasteiger partial charge < -0.3 is 17.2 Å². The molecule has 6 nitrogen and oxygen atoms in total. The van der Waals surface area contributed by atoms with Crippen LogP contribution in [0.4, 0.5) is 17.1 Å².